The number of hydrogen-bond acceptors (Lipinski definition) is 3. The van der Waals surface area contributed by atoms with Crippen LogP contribution in [0.25, 0.3) is 0 Å². The molecule has 0 aromatic heterocycles. The summed E-state index contributed by atoms with van der Waals surface area (Å²) in [6, 6.07) is 3.84. The number of aldehydes is 1. The number of rotatable bonds is 8. The Morgan fingerprint density at radius 3 is 2.53 bits per heavy atom. The van der Waals surface area contributed by atoms with E-state index in [4.69, 9.17) is 0 Å². The van der Waals surface area contributed by atoms with Crippen molar-refractivity contribution in [3.63, 3.8) is 0 Å². The molecule has 0 saturated heterocycles. The van der Waals surface area contributed by atoms with Crippen molar-refractivity contribution in [2.45, 2.75) is 45.6 Å². The maximum atomic E-state index is 11.0. The molecule has 106 valence electrons. The molecule has 0 radical (unpaired) electrons. The summed E-state index contributed by atoms with van der Waals surface area (Å²) in [5.74, 6) is 0.126. The third kappa shape index (κ3) is 5.03. The minimum atomic E-state index is 0.126. The number of hydrogen-bond donors (Lipinski definition) is 1. The Labute approximate surface area is 116 Å². The molecule has 0 spiro atoms. The predicted octanol–water partition coefficient (Wildman–Crippen LogP) is 3.39. The highest BCUT2D eigenvalue weighted by Gasteiger charge is 2.10. The Bertz CT molecular complexity index is 413. The maximum Gasteiger partial charge on any atom is 0.153 e. The first-order valence-corrected chi connectivity index (χ1v) is 7.03. The van der Waals surface area contributed by atoms with Gasteiger partial charge in [0.2, 0.25) is 0 Å². The summed E-state index contributed by atoms with van der Waals surface area (Å²) < 4.78 is 0. The first-order chi connectivity index (χ1) is 9.08. The second-order valence-corrected chi connectivity index (χ2v) is 5.36. The fourth-order valence-corrected chi connectivity index (χ4v) is 2.24. The number of carbonyl (C=O) groups excluding carboxylic acids is 1. The zero-order valence-corrected chi connectivity index (χ0v) is 12.3. The number of aromatic hydroxyl groups is 1. The number of phenolic OH excluding ortho intramolecular Hbond substituents is 1. The van der Waals surface area contributed by atoms with Crippen LogP contribution < -0.4 is 0 Å². The third-order valence-electron chi connectivity index (χ3n) is 3.21. The number of phenols is 1. The van der Waals surface area contributed by atoms with Crippen molar-refractivity contribution >= 4 is 6.29 Å². The predicted molar refractivity (Wildman–Crippen MR) is 78.7 cm³/mol. The lowest BCUT2D eigenvalue weighted by Gasteiger charge is -2.14. The van der Waals surface area contributed by atoms with Crippen LogP contribution in [0.4, 0.5) is 0 Å². The fourth-order valence-electron chi connectivity index (χ4n) is 2.24. The Kier molecular flexibility index (Phi) is 6.57. The molecule has 0 heterocycles. The van der Waals surface area contributed by atoms with Gasteiger partial charge in [0.1, 0.15) is 5.75 Å². The molecule has 0 aliphatic heterocycles. The van der Waals surface area contributed by atoms with Crippen LogP contribution in [0.2, 0.25) is 0 Å². The van der Waals surface area contributed by atoms with E-state index in [1.165, 1.54) is 19.3 Å². The summed E-state index contributed by atoms with van der Waals surface area (Å²) in [5, 5.41) is 10.0. The van der Waals surface area contributed by atoms with Crippen LogP contribution in [-0.4, -0.2) is 30.4 Å². The number of aryl methyl sites for hydroxylation is 1. The van der Waals surface area contributed by atoms with Gasteiger partial charge < -0.3 is 10.0 Å². The minimum Gasteiger partial charge on any atom is -0.507 e. The topological polar surface area (TPSA) is 40.5 Å². The van der Waals surface area contributed by atoms with E-state index in [0.29, 0.717) is 12.1 Å². The van der Waals surface area contributed by atoms with Crippen LogP contribution in [0, 0.1) is 0 Å². The summed E-state index contributed by atoms with van der Waals surface area (Å²) in [7, 11) is 3.90. The van der Waals surface area contributed by atoms with Gasteiger partial charge in [0.15, 0.2) is 6.29 Å². The smallest absolute Gasteiger partial charge is 0.153 e. The van der Waals surface area contributed by atoms with Crippen LogP contribution in [0.5, 0.6) is 5.75 Å². The summed E-state index contributed by atoms with van der Waals surface area (Å²) >= 11 is 0. The molecule has 0 atom stereocenters. The van der Waals surface area contributed by atoms with Crippen molar-refractivity contribution in [3.8, 4) is 5.75 Å². The van der Waals surface area contributed by atoms with Crippen molar-refractivity contribution in [3.05, 3.63) is 28.8 Å². The molecule has 0 fully saturated rings. The summed E-state index contributed by atoms with van der Waals surface area (Å²) in [5.41, 5.74) is 2.39. The van der Waals surface area contributed by atoms with E-state index < -0.39 is 0 Å². The lowest BCUT2D eigenvalue weighted by Crippen LogP contribution is -2.11. The highest BCUT2D eigenvalue weighted by atomic mass is 16.3. The van der Waals surface area contributed by atoms with Gasteiger partial charge >= 0.3 is 0 Å². The molecule has 1 rings (SSSR count). The maximum absolute atomic E-state index is 11.0. The molecule has 3 nitrogen and oxygen atoms in total. The van der Waals surface area contributed by atoms with Gasteiger partial charge in [-0.2, -0.15) is 0 Å². The molecule has 0 aliphatic rings. The van der Waals surface area contributed by atoms with Gasteiger partial charge in [-0.1, -0.05) is 32.3 Å². The standard InChI is InChI=1S/C16H25NO2/c1-4-5-6-7-8-13-9-14(11-17(2)3)16(19)15(10-13)12-18/h9-10,12,19H,4-8,11H2,1-3H3. The molecule has 19 heavy (non-hydrogen) atoms. The molecular weight excluding hydrogens is 238 g/mol. The van der Waals surface area contributed by atoms with Crippen LogP contribution >= 0.6 is 0 Å². The SMILES string of the molecule is CCCCCCc1cc(C=O)c(O)c(CN(C)C)c1. The second kappa shape index (κ2) is 7.95. The van der Waals surface area contributed by atoms with Gasteiger partial charge in [0.25, 0.3) is 0 Å². The van der Waals surface area contributed by atoms with Crippen LogP contribution in [0.1, 0.15) is 54.1 Å². The number of benzene rings is 1. The Morgan fingerprint density at radius 1 is 1.21 bits per heavy atom. The van der Waals surface area contributed by atoms with E-state index >= 15 is 0 Å². The average molecular weight is 263 g/mol. The second-order valence-electron chi connectivity index (χ2n) is 5.36. The zero-order valence-electron chi connectivity index (χ0n) is 12.3. The van der Waals surface area contributed by atoms with Crippen LogP contribution in [0.15, 0.2) is 12.1 Å². The highest BCUT2D eigenvalue weighted by molar-refractivity contribution is 5.80. The van der Waals surface area contributed by atoms with Crippen molar-refractivity contribution in [1.29, 1.82) is 0 Å². The first-order valence-electron chi connectivity index (χ1n) is 7.03. The van der Waals surface area contributed by atoms with Crippen molar-refractivity contribution in [2.24, 2.45) is 0 Å². The number of carbonyl (C=O) groups is 1. The van der Waals surface area contributed by atoms with Crippen molar-refractivity contribution in [1.82, 2.24) is 4.90 Å². The Morgan fingerprint density at radius 2 is 1.95 bits per heavy atom. The van der Waals surface area contributed by atoms with Gasteiger partial charge in [-0.15, -0.1) is 0 Å². The Balaban J connectivity index is 2.83. The fraction of sp³-hybridized carbons (Fsp3) is 0.562. The monoisotopic (exact) mass is 263 g/mol. The van der Waals surface area contributed by atoms with Crippen molar-refractivity contribution < 1.29 is 9.90 Å². The molecular formula is C16H25NO2. The van der Waals surface area contributed by atoms with E-state index in [9.17, 15) is 9.90 Å². The first kappa shape index (κ1) is 15.7. The number of unbranched alkanes of at least 4 members (excludes halogenated alkanes) is 3. The molecule has 0 aliphatic carbocycles. The molecule has 0 saturated carbocycles. The van der Waals surface area contributed by atoms with Crippen molar-refractivity contribution in [2.75, 3.05) is 14.1 Å². The quantitative estimate of drug-likeness (QED) is 0.577. The molecule has 1 N–H and O–H groups in total. The highest BCUT2D eigenvalue weighted by Crippen LogP contribution is 2.25. The van der Waals surface area contributed by atoms with Gasteiger partial charge in [-0.3, -0.25) is 4.79 Å². The molecule has 0 amide bonds. The van der Waals surface area contributed by atoms with Gasteiger partial charge in [0, 0.05) is 12.1 Å². The van der Waals surface area contributed by atoms with Gasteiger partial charge in [-0.25, -0.2) is 0 Å². The third-order valence-corrected chi connectivity index (χ3v) is 3.21. The summed E-state index contributed by atoms with van der Waals surface area (Å²) in [6.07, 6.45) is 6.55. The number of nitrogens with zero attached hydrogens (tertiary/aromatic N) is 1. The molecule has 3 heteroatoms. The largest absolute Gasteiger partial charge is 0.507 e. The lowest BCUT2D eigenvalue weighted by atomic mass is 9.99. The van der Waals surface area contributed by atoms with Gasteiger partial charge in [0.05, 0.1) is 5.56 Å². The average Bonchev–Trinajstić information content (AvgIpc) is 2.37. The molecule has 1 aromatic carbocycles. The zero-order chi connectivity index (χ0) is 14.3. The van der Waals surface area contributed by atoms with E-state index in [1.54, 1.807) is 0 Å². The summed E-state index contributed by atoms with van der Waals surface area (Å²) in [6.45, 7) is 2.84. The van der Waals surface area contributed by atoms with E-state index in [0.717, 1.165) is 30.3 Å². The van der Waals surface area contributed by atoms with Gasteiger partial charge in [-0.05, 0) is 38.6 Å². The van der Waals surface area contributed by atoms with E-state index in [2.05, 4.69) is 6.92 Å². The summed E-state index contributed by atoms with van der Waals surface area (Å²) in [4.78, 5) is 13.0. The normalized spacial score (nSPS) is 10.9. The minimum absolute atomic E-state index is 0.126. The van der Waals surface area contributed by atoms with Crippen LogP contribution in [0.3, 0.4) is 0 Å². The van der Waals surface area contributed by atoms with E-state index in [-0.39, 0.29) is 5.75 Å². The van der Waals surface area contributed by atoms with Crippen LogP contribution in [-0.2, 0) is 13.0 Å². The van der Waals surface area contributed by atoms with E-state index in [1.807, 2.05) is 31.1 Å². The molecule has 1 aromatic rings. The lowest BCUT2D eigenvalue weighted by molar-refractivity contribution is 0.112. The Hall–Kier alpha value is -1.35. The molecule has 0 unspecified atom stereocenters. The molecule has 0 bridgehead atoms.